The van der Waals surface area contributed by atoms with Crippen LogP contribution in [0.4, 0.5) is 13.6 Å². The minimum atomic E-state index is -3.34. The van der Waals surface area contributed by atoms with Crippen molar-refractivity contribution in [3.8, 4) is 0 Å². The summed E-state index contributed by atoms with van der Waals surface area (Å²) >= 11 is 3.12. The first-order chi connectivity index (χ1) is 9.42. The lowest BCUT2D eigenvalue weighted by atomic mass is 10.2. The molecule has 0 aliphatic carbocycles. The summed E-state index contributed by atoms with van der Waals surface area (Å²) in [5.41, 5.74) is -1.23. The summed E-state index contributed by atoms with van der Waals surface area (Å²) in [6, 6.07) is 3.84. The molecule has 0 N–H and O–H groups in total. The van der Waals surface area contributed by atoms with Gasteiger partial charge in [0.25, 0.3) is 6.43 Å². The number of alkyl halides is 2. The first-order valence-corrected chi connectivity index (χ1v) is 8.67. The Balaban J connectivity index is 3.34. The van der Waals surface area contributed by atoms with Gasteiger partial charge in [0.1, 0.15) is 5.60 Å². The van der Waals surface area contributed by atoms with E-state index in [2.05, 4.69) is 20.3 Å². The highest BCUT2D eigenvalue weighted by atomic mass is 79.9. The van der Waals surface area contributed by atoms with Crippen molar-refractivity contribution in [2.75, 3.05) is 6.26 Å². The first-order valence-electron chi connectivity index (χ1n) is 5.95. The summed E-state index contributed by atoms with van der Waals surface area (Å²) in [4.78, 5) is 11.5. The monoisotopic (exact) mass is 383 g/mol. The van der Waals surface area contributed by atoms with Gasteiger partial charge >= 0.3 is 6.09 Å². The molecule has 0 bridgehead atoms. The summed E-state index contributed by atoms with van der Waals surface area (Å²) in [7, 11) is -3.34. The molecular weight excluding hydrogens is 368 g/mol. The lowest BCUT2D eigenvalue weighted by Crippen LogP contribution is -2.22. The Morgan fingerprint density at radius 1 is 1.38 bits per heavy atom. The highest BCUT2D eigenvalue weighted by Gasteiger charge is 2.22. The number of hydrogen-bond acceptors (Lipinski definition) is 3. The lowest BCUT2D eigenvalue weighted by molar-refractivity contribution is 0.0607. The Hall–Kier alpha value is -1.02. The van der Waals surface area contributed by atoms with Gasteiger partial charge in [-0.2, -0.15) is 0 Å². The van der Waals surface area contributed by atoms with Gasteiger partial charge in [-0.3, -0.25) is 0 Å². The summed E-state index contributed by atoms with van der Waals surface area (Å²) in [6.45, 7) is 4.88. The zero-order valence-electron chi connectivity index (χ0n) is 12.0. The van der Waals surface area contributed by atoms with Gasteiger partial charge in [-0.05, 0) is 32.9 Å². The van der Waals surface area contributed by atoms with Gasteiger partial charge in [0.15, 0.2) is 0 Å². The number of carbonyl (C=O) groups excluding carboxylic acids is 1. The Bertz CT molecular complexity index is 662. The highest BCUT2D eigenvalue weighted by Crippen LogP contribution is 2.30. The molecule has 1 unspecified atom stereocenters. The van der Waals surface area contributed by atoms with Gasteiger partial charge in [-0.25, -0.2) is 17.8 Å². The molecule has 8 heteroatoms. The molecule has 0 aromatic heterocycles. The molecule has 4 nitrogen and oxygen atoms in total. The van der Waals surface area contributed by atoms with Crippen LogP contribution in [0.25, 0.3) is 0 Å². The zero-order valence-corrected chi connectivity index (χ0v) is 14.4. The molecule has 21 heavy (non-hydrogen) atoms. The molecule has 0 heterocycles. The Morgan fingerprint density at radius 3 is 2.43 bits per heavy atom. The fourth-order valence-corrected chi connectivity index (χ4v) is 3.36. The van der Waals surface area contributed by atoms with Gasteiger partial charge < -0.3 is 4.74 Å². The molecule has 0 saturated heterocycles. The Labute approximate surface area is 131 Å². The van der Waals surface area contributed by atoms with Crippen molar-refractivity contribution in [1.29, 1.82) is 0 Å². The maximum Gasteiger partial charge on any atom is 0.442 e. The summed E-state index contributed by atoms with van der Waals surface area (Å²) < 4.78 is 47.4. The van der Waals surface area contributed by atoms with E-state index in [0.717, 1.165) is 12.3 Å². The average Bonchev–Trinajstić information content (AvgIpc) is 2.24. The molecule has 0 aliphatic rings. The predicted molar refractivity (Wildman–Crippen MR) is 80.1 cm³/mol. The Kier molecular flexibility index (Phi) is 5.49. The van der Waals surface area contributed by atoms with Crippen LogP contribution in [-0.4, -0.2) is 22.2 Å². The largest absolute Gasteiger partial charge is 0.442 e. The van der Waals surface area contributed by atoms with Gasteiger partial charge in [-0.1, -0.05) is 22.0 Å². The third-order valence-electron chi connectivity index (χ3n) is 2.26. The lowest BCUT2D eigenvalue weighted by Gasteiger charge is -2.18. The van der Waals surface area contributed by atoms with Crippen molar-refractivity contribution in [3.63, 3.8) is 0 Å². The molecule has 0 fully saturated rings. The SMILES string of the molecule is CC(C)(C)OC(=O)N=S(C)(=O)c1cc(Br)ccc1C(F)F. The molecule has 0 spiro atoms. The van der Waals surface area contributed by atoms with E-state index < -0.39 is 33.4 Å². The number of ether oxygens (including phenoxy) is 1. The minimum absolute atomic E-state index is 0.183. The molecule has 118 valence electrons. The van der Waals surface area contributed by atoms with Crippen molar-refractivity contribution in [1.82, 2.24) is 0 Å². The van der Waals surface area contributed by atoms with Crippen molar-refractivity contribution in [2.45, 2.75) is 37.7 Å². The standard InChI is InChI=1S/C13H16BrF2NO3S/c1-13(2,3)20-12(18)17-21(4,19)10-7-8(14)5-6-9(10)11(15)16/h5-7,11H,1-4H3. The maximum absolute atomic E-state index is 13.0. The fourth-order valence-electron chi connectivity index (χ4n) is 1.49. The van der Waals surface area contributed by atoms with Crippen LogP contribution < -0.4 is 0 Å². The number of hydrogen-bond donors (Lipinski definition) is 0. The van der Waals surface area contributed by atoms with Gasteiger partial charge in [0, 0.05) is 16.3 Å². The Morgan fingerprint density at radius 2 is 1.95 bits per heavy atom. The van der Waals surface area contributed by atoms with Crippen LogP contribution in [0.3, 0.4) is 0 Å². The third-order valence-corrected chi connectivity index (χ3v) is 4.42. The van der Waals surface area contributed by atoms with Gasteiger partial charge in [0.05, 0.1) is 14.6 Å². The molecule has 1 rings (SSSR count). The molecule has 0 saturated carbocycles. The molecule has 1 amide bonds. The second-order valence-corrected chi connectivity index (χ2v) is 8.50. The molecule has 1 aromatic carbocycles. The number of nitrogens with zero attached hydrogens (tertiary/aromatic N) is 1. The van der Waals surface area contributed by atoms with Gasteiger partial charge in [0.2, 0.25) is 0 Å². The number of amides is 1. The van der Waals surface area contributed by atoms with Crippen molar-refractivity contribution in [2.24, 2.45) is 4.36 Å². The topological polar surface area (TPSA) is 55.7 Å². The molecular formula is C13H16BrF2NO3S. The van der Waals surface area contributed by atoms with Crippen LogP contribution in [0, 0.1) is 0 Å². The second-order valence-electron chi connectivity index (χ2n) is 5.36. The molecule has 1 aromatic rings. The maximum atomic E-state index is 13.0. The van der Waals surface area contributed by atoms with Crippen LogP contribution in [0.15, 0.2) is 31.9 Å². The number of rotatable bonds is 2. The number of carbonyl (C=O) groups is 1. The van der Waals surface area contributed by atoms with E-state index in [0.29, 0.717) is 4.47 Å². The zero-order chi connectivity index (χ0) is 16.4. The predicted octanol–water partition coefficient (Wildman–Crippen LogP) is 4.78. The smallest absolute Gasteiger partial charge is 0.442 e. The molecule has 0 aliphatic heterocycles. The molecule has 0 radical (unpaired) electrons. The van der Waals surface area contributed by atoms with Crippen molar-refractivity contribution in [3.05, 3.63) is 28.2 Å². The summed E-state index contributed by atoms with van der Waals surface area (Å²) in [5.74, 6) is 0. The van der Waals surface area contributed by atoms with Gasteiger partial charge in [-0.15, -0.1) is 4.36 Å². The normalized spacial score (nSPS) is 14.7. The van der Waals surface area contributed by atoms with E-state index in [1.165, 1.54) is 12.1 Å². The van der Waals surface area contributed by atoms with Crippen LogP contribution in [-0.2, 0) is 14.5 Å². The first kappa shape index (κ1) is 18.0. The highest BCUT2D eigenvalue weighted by molar-refractivity contribution is 9.10. The molecule has 1 atom stereocenters. The van der Waals surface area contributed by atoms with E-state index in [4.69, 9.17) is 4.74 Å². The van der Waals surface area contributed by atoms with Crippen molar-refractivity contribution < 1.29 is 22.5 Å². The summed E-state index contributed by atoms with van der Waals surface area (Å²) in [6.07, 6.45) is -2.73. The fraction of sp³-hybridized carbons (Fsp3) is 0.462. The van der Waals surface area contributed by atoms with E-state index in [9.17, 15) is 17.8 Å². The van der Waals surface area contributed by atoms with Crippen LogP contribution >= 0.6 is 15.9 Å². The number of halogens is 3. The quantitative estimate of drug-likeness (QED) is 0.738. The van der Waals surface area contributed by atoms with Crippen LogP contribution in [0.1, 0.15) is 32.8 Å². The van der Waals surface area contributed by atoms with E-state index in [1.54, 1.807) is 20.8 Å². The van der Waals surface area contributed by atoms with Crippen LogP contribution in [0.2, 0.25) is 0 Å². The third kappa shape index (κ3) is 5.35. The van der Waals surface area contributed by atoms with Crippen molar-refractivity contribution >= 4 is 31.8 Å². The minimum Gasteiger partial charge on any atom is -0.442 e. The number of benzene rings is 1. The second kappa shape index (κ2) is 6.39. The van der Waals surface area contributed by atoms with E-state index in [-0.39, 0.29) is 4.90 Å². The average molecular weight is 384 g/mol. The van der Waals surface area contributed by atoms with Crippen LogP contribution in [0.5, 0.6) is 0 Å². The van der Waals surface area contributed by atoms with E-state index >= 15 is 0 Å². The summed E-state index contributed by atoms with van der Waals surface area (Å²) in [5, 5.41) is 0. The van der Waals surface area contributed by atoms with E-state index in [1.807, 2.05) is 0 Å².